The average molecular weight is 344 g/mol. The van der Waals surface area contributed by atoms with Crippen molar-refractivity contribution < 1.29 is 28.9 Å². The predicted molar refractivity (Wildman–Crippen MR) is 90.6 cm³/mol. The first-order valence-corrected chi connectivity index (χ1v) is 7.48. The number of hydrogen-bond acceptors (Lipinski definition) is 6. The van der Waals surface area contributed by atoms with Crippen LogP contribution in [0.4, 0.5) is 0 Å². The van der Waals surface area contributed by atoms with Crippen molar-refractivity contribution in [2.75, 3.05) is 0 Å². The highest BCUT2D eigenvalue weighted by Crippen LogP contribution is 2.05. The highest BCUT2D eigenvalue weighted by Gasteiger charge is 2.13. The Morgan fingerprint density at radius 1 is 0.760 bits per heavy atom. The molecule has 25 heavy (non-hydrogen) atoms. The Bertz CT molecular complexity index is 623. The van der Waals surface area contributed by atoms with Crippen LogP contribution in [0.1, 0.15) is 41.5 Å². The summed E-state index contributed by atoms with van der Waals surface area (Å²) in [6.45, 7) is 5.92. The van der Waals surface area contributed by atoms with Crippen LogP contribution in [0, 0.1) is 0 Å². The van der Waals surface area contributed by atoms with Gasteiger partial charge in [0.25, 0.3) is 6.47 Å². The van der Waals surface area contributed by atoms with Crippen molar-refractivity contribution in [1.29, 1.82) is 0 Å². The fourth-order valence-corrected chi connectivity index (χ4v) is 1.46. The molecule has 0 aliphatic carbocycles. The molecule has 0 bridgehead atoms. The minimum absolute atomic E-state index is 0.318. The summed E-state index contributed by atoms with van der Waals surface area (Å²) in [6, 6.07) is 16.6. The molecule has 2 aromatic carbocycles. The van der Waals surface area contributed by atoms with Gasteiger partial charge < -0.3 is 4.74 Å². The third kappa shape index (κ3) is 8.31. The Morgan fingerprint density at radius 3 is 1.36 bits per heavy atom. The molecule has 0 unspecified atom stereocenters. The number of carbonyl (C=O) groups is 3. The molecule has 0 radical (unpaired) electrons. The topological polar surface area (TPSA) is 78.9 Å². The number of benzene rings is 2. The van der Waals surface area contributed by atoms with E-state index in [0.29, 0.717) is 17.6 Å². The summed E-state index contributed by atoms with van der Waals surface area (Å²) in [5.41, 5.74) is 0.318. The molecule has 0 N–H and O–H groups in total. The second-order valence-electron chi connectivity index (χ2n) is 5.80. The first-order chi connectivity index (χ1) is 11.8. The molecule has 6 heteroatoms. The average Bonchev–Trinajstić information content (AvgIpc) is 2.60. The van der Waals surface area contributed by atoms with E-state index in [1.54, 1.807) is 60.7 Å². The van der Waals surface area contributed by atoms with Gasteiger partial charge in [0.2, 0.25) is 0 Å². The van der Waals surface area contributed by atoms with Crippen LogP contribution >= 0.6 is 0 Å². The molecule has 6 nitrogen and oxygen atoms in total. The lowest BCUT2D eigenvalue weighted by Crippen LogP contribution is -2.17. The van der Waals surface area contributed by atoms with E-state index in [-0.39, 0.29) is 5.60 Å². The molecule has 0 spiro atoms. The second kappa shape index (κ2) is 9.87. The monoisotopic (exact) mass is 344 g/mol. The molecule has 0 atom stereocenters. The maximum atomic E-state index is 11.5. The van der Waals surface area contributed by atoms with Crippen molar-refractivity contribution in [1.82, 2.24) is 0 Å². The molecule has 0 amide bonds. The van der Waals surface area contributed by atoms with Crippen molar-refractivity contribution in [3.63, 3.8) is 0 Å². The zero-order chi connectivity index (χ0) is 18.7. The molecule has 0 aromatic heterocycles. The number of rotatable bonds is 3. The van der Waals surface area contributed by atoms with Crippen molar-refractivity contribution in [2.45, 2.75) is 26.4 Å². The van der Waals surface area contributed by atoms with Crippen LogP contribution in [0.3, 0.4) is 0 Å². The summed E-state index contributed by atoms with van der Waals surface area (Å²) < 4.78 is 4.55. The summed E-state index contributed by atoms with van der Waals surface area (Å²) in [5.74, 6) is -1.42. The number of ether oxygens (including phenoxy) is 1. The van der Waals surface area contributed by atoms with Gasteiger partial charge in [-0.2, -0.15) is 0 Å². The first kappa shape index (κ1) is 19.9. The van der Waals surface area contributed by atoms with Gasteiger partial charge in [0, 0.05) is 0 Å². The third-order valence-corrected chi connectivity index (χ3v) is 2.61. The van der Waals surface area contributed by atoms with Crippen LogP contribution in [0.25, 0.3) is 0 Å². The van der Waals surface area contributed by atoms with E-state index in [1.807, 2.05) is 20.8 Å². The summed E-state index contributed by atoms with van der Waals surface area (Å²) in [5, 5.41) is 0. The SMILES string of the molecule is CC(C)(C)OC=O.O=C(OOC(=O)c1ccccc1)c1ccccc1. The molecule has 2 rings (SSSR count). The van der Waals surface area contributed by atoms with E-state index >= 15 is 0 Å². The molecule has 2 aromatic rings. The third-order valence-electron chi connectivity index (χ3n) is 2.61. The van der Waals surface area contributed by atoms with Gasteiger partial charge in [0.15, 0.2) is 0 Å². The molecule has 0 saturated heterocycles. The fourth-order valence-electron chi connectivity index (χ4n) is 1.46. The fraction of sp³-hybridized carbons (Fsp3) is 0.211. The van der Waals surface area contributed by atoms with Crippen molar-refractivity contribution in [3.05, 3.63) is 71.8 Å². The quantitative estimate of drug-likeness (QED) is 0.481. The second-order valence-corrected chi connectivity index (χ2v) is 5.80. The van der Waals surface area contributed by atoms with Gasteiger partial charge in [0.05, 0.1) is 11.1 Å². The molecular formula is C19H20O6. The maximum Gasteiger partial charge on any atom is 0.386 e. The summed E-state index contributed by atoms with van der Waals surface area (Å²) in [6.07, 6.45) is 0. The Kier molecular flexibility index (Phi) is 7.86. The minimum Gasteiger partial charge on any atom is -0.462 e. The van der Waals surface area contributed by atoms with Crippen LogP contribution in [0.5, 0.6) is 0 Å². The van der Waals surface area contributed by atoms with Crippen LogP contribution in [-0.2, 0) is 19.3 Å². The molecule has 0 fully saturated rings. The molecule has 0 heterocycles. The predicted octanol–water partition coefficient (Wildman–Crippen LogP) is 3.57. The van der Waals surface area contributed by atoms with E-state index in [0.717, 1.165) is 0 Å². The van der Waals surface area contributed by atoms with Gasteiger partial charge >= 0.3 is 11.9 Å². The number of carbonyl (C=O) groups excluding carboxylic acids is 3. The first-order valence-electron chi connectivity index (χ1n) is 7.48. The van der Waals surface area contributed by atoms with E-state index in [1.165, 1.54) is 0 Å². The summed E-state index contributed by atoms with van der Waals surface area (Å²) >= 11 is 0. The van der Waals surface area contributed by atoms with Crippen molar-refractivity contribution >= 4 is 18.4 Å². The molecule has 132 valence electrons. The standard InChI is InChI=1S/C14H10O4.C5H10O2/c15-13(11-7-3-1-4-8-11)17-18-14(16)12-9-5-2-6-10-12;1-5(2,3)7-4-6/h1-10H;4H,1-3H3. The van der Waals surface area contributed by atoms with E-state index in [4.69, 9.17) is 0 Å². The van der Waals surface area contributed by atoms with Crippen molar-refractivity contribution in [3.8, 4) is 0 Å². The number of hydrogen-bond donors (Lipinski definition) is 0. The normalized spacial score (nSPS) is 9.88. The Hall–Kier alpha value is -3.15. The summed E-state index contributed by atoms with van der Waals surface area (Å²) in [4.78, 5) is 41.5. The lowest BCUT2D eigenvalue weighted by molar-refractivity contribution is -0.187. The minimum atomic E-state index is -0.708. The highest BCUT2D eigenvalue weighted by atomic mass is 17.2. The zero-order valence-corrected chi connectivity index (χ0v) is 14.3. The molecule has 0 saturated carbocycles. The zero-order valence-electron chi connectivity index (χ0n) is 14.3. The Morgan fingerprint density at radius 2 is 1.12 bits per heavy atom. The van der Waals surface area contributed by atoms with E-state index < -0.39 is 11.9 Å². The van der Waals surface area contributed by atoms with E-state index in [2.05, 4.69) is 14.5 Å². The summed E-state index contributed by atoms with van der Waals surface area (Å²) in [7, 11) is 0. The van der Waals surface area contributed by atoms with Gasteiger partial charge in [-0.15, -0.1) is 0 Å². The largest absolute Gasteiger partial charge is 0.462 e. The lowest BCUT2D eigenvalue weighted by atomic mass is 10.2. The Labute approximate surface area is 146 Å². The molecule has 0 aliphatic heterocycles. The van der Waals surface area contributed by atoms with Gasteiger partial charge in [-0.1, -0.05) is 36.4 Å². The molecular weight excluding hydrogens is 324 g/mol. The van der Waals surface area contributed by atoms with Gasteiger partial charge in [-0.3, -0.25) is 4.79 Å². The maximum absolute atomic E-state index is 11.5. The van der Waals surface area contributed by atoms with Gasteiger partial charge in [-0.05, 0) is 45.0 Å². The smallest absolute Gasteiger partial charge is 0.386 e. The lowest BCUT2D eigenvalue weighted by Gasteiger charge is -2.14. The Balaban J connectivity index is 0.000000381. The van der Waals surface area contributed by atoms with Gasteiger partial charge in [0.1, 0.15) is 5.60 Å². The highest BCUT2D eigenvalue weighted by molar-refractivity contribution is 5.92. The van der Waals surface area contributed by atoms with Crippen LogP contribution < -0.4 is 0 Å². The van der Waals surface area contributed by atoms with Crippen molar-refractivity contribution in [2.24, 2.45) is 0 Å². The molecule has 0 aliphatic rings. The van der Waals surface area contributed by atoms with Gasteiger partial charge in [-0.25, -0.2) is 19.4 Å². The van der Waals surface area contributed by atoms with Crippen LogP contribution in [-0.4, -0.2) is 24.0 Å². The van der Waals surface area contributed by atoms with Crippen LogP contribution in [0.2, 0.25) is 0 Å². The van der Waals surface area contributed by atoms with E-state index in [9.17, 15) is 14.4 Å². The van der Waals surface area contributed by atoms with Crippen LogP contribution in [0.15, 0.2) is 60.7 Å².